The lowest BCUT2D eigenvalue weighted by molar-refractivity contribution is 0.134. The van der Waals surface area contributed by atoms with E-state index in [-0.39, 0.29) is 11.5 Å². The minimum Gasteiger partial charge on any atom is -0.390 e. The van der Waals surface area contributed by atoms with Gasteiger partial charge in [0, 0.05) is 12.7 Å². The quantitative estimate of drug-likeness (QED) is 0.774. The number of hydrogen-bond donors (Lipinski definition) is 2. The Morgan fingerprint density at radius 3 is 2.53 bits per heavy atom. The lowest BCUT2D eigenvalue weighted by atomic mass is 10.2. The van der Waals surface area contributed by atoms with E-state index in [2.05, 4.69) is 5.32 Å². The SMILES string of the molecule is CN(C(=S)Nc1ccccc1)[C@H]1CS(=O)(=O)C[C@H]1O. The highest BCUT2D eigenvalue weighted by Crippen LogP contribution is 2.18. The van der Waals surface area contributed by atoms with Gasteiger partial charge in [-0.1, -0.05) is 18.2 Å². The number of nitrogens with zero attached hydrogens (tertiary/aromatic N) is 1. The smallest absolute Gasteiger partial charge is 0.173 e. The first-order valence-electron chi connectivity index (χ1n) is 5.86. The maximum absolute atomic E-state index is 11.5. The van der Waals surface area contributed by atoms with Gasteiger partial charge in [-0.3, -0.25) is 0 Å². The van der Waals surface area contributed by atoms with E-state index in [0.29, 0.717) is 5.11 Å². The largest absolute Gasteiger partial charge is 0.390 e. The summed E-state index contributed by atoms with van der Waals surface area (Å²) < 4.78 is 23.0. The topological polar surface area (TPSA) is 69.6 Å². The molecule has 0 unspecified atom stereocenters. The summed E-state index contributed by atoms with van der Waals surface area (Å²) in [5.74, 6) is -0.267. The van der Waals surface area contributed by atoms with Crippen LogP contribution < -0.4 is 5.32 Å². The third kappa shape index (κ3) is 3.43. The van der Waals surface area contributed by atoms with E-state index in [9.17, 15) is 13.5 Å². The fourth-order valence-corrected chi connectivity index (χ4v) is 4.16. The lowest BCUT2D eigenvalue weighted by Crippen LogP contribution is -2.45. The second kappa shape index (κ2) is 5.44. The minimum atomic E-state index is -3.18. The van der Waals surface area contributed by atoms with Crippen molar-refractivity contribution in [1.29, 1.82) is 0 Å². The highest BCUT2D eigenvalue weighted by Gasteiger charge is 2.39. The Kier molecular flexibility index (Phi) is 4.07. The molecule has 2 N–H and O–H groups in total. The molecule has 0 spiro atoms. The van der Waals surface area contributed by atoms with E-state index in [1.165, 1.54) is 0 Å². The lowest BCUT2D eigenvalue weighted by Gasteiger charge is -2.28. The highest BCUT2D eigenvalue weighted by atomic mass is 32.2. The standard InChI is InChI=1S/C12H16N2O3S2/c1-14(10-7-19(16,17)8-11(10)15)12(18)13-9-5-3-2-4-6-9/h2-6,10-11,15H,7-8H2,1H3,(H,13,18)/t10-,11+/m0/s1. The Morgan fingerprint density at radius 1 is 1.37 bits per heavy atom. The zero-order chi connectivity index (χ0) is 14.0. The van der Waals surface area contributed by atoms with Crippen LogP contribution in [0.4, 0.5) is 5.69 Å². The van der Waals surface area contributed by atoms with Gasteiger partial charge in [0.15, 0.2) is 14.9 Å². The second-order valence-electron chi connectivity index (χ2n) is 4.62. The van der Waals surface area contributed by atoms with Crippen molar-refractivity contribution in [2.45, 2.75) is 12.1 Å². The van der Waals surface area contributed by atoms with Gasteiger partial charge in [0.05, 0.1) is 23.7 Å². The Labute approximate surface area is 118 Å². The van der Waals surface area contributed by atoms with Crippen LogP contribution in [0.2, 0.25) is 0 Å². The van der Waals surface area contributed by atoms with Crippen molar-refractivity contribution in [3.05, 3.63) is 30.3 Å². The van der Waals surface area contributed by atoms with Crippen molar-refractivity contribution in [1.82, 2.24) is 4.90 Å². The summed E-state index contributed by atoms with van der Waals surface area (Å²) >= 11 is 5.23. The van der Waals surface area contributed by atoms with Crippen molar-refractivity contribution < 1.29 is 13.5 Å². The summed E-state index contributed by atoms with van der Waals surface area (Å²) in [5, 5.41) is 13.2. The molecular weight excluding hydrogens is 284 g/mol. The predicted molar refractivity (Wildman–Crippen MR) is 78.9 cm³/mol. The van der Waals surface area contributed by atoms with Gasteiger partial charge in [-0.05, 0) is 24.4 Å². The van der Waals surface area contributed by atoms with Gasteiger partial charge >= 0.3 is 0 Å². The molecule has 1 aromatic carbocycles. The van der Waals surface area contributed by atoms with Crippen molar-refractivity contribution in [3.8, 4) is 0 Å². The molecule has 0 bridgehead atoms. The summed E-state index contributed by atoms with van der Waals surface area (Å²) in [6.45, 7) is 0. The van der Waals surface area contributed by atoms with E-state index < -0.39 is 22.0 Å². The number of para-hydroxylation sites is 1. The Morgan fingerprint density at radius 2 is 2.00 bits per heavy atom. The van der Waals surface area contributed by atoms with Gasteiger partial charge in [-0.15, -0.1) is 0 Å². The molecule has 2 atom stereocenters. The number of benzene rings is 1. The summed E-state index contributed by atoms with van der Waals surface area (Å²) in [5.41, 5.74) is 0.828. The van der Waals surface area contributed by atoms with E-state index in [0.717, 1.165) is 5.69 Å². The van der Waals surface area contributed by atoms with Crippen LogP contribution in [0.3, 0.4) is 0 Å². The first-order valence-corrected chi connectivity index (χ1v) is 8.09. The van der Waals surface area contributed by atoms with Crippen LogP contribution >= 0.6 is 12.2 Å². The van der Waals surface area contributed by atoms with Crippen LogP contribution in [0, 0.1) is 0 Å². The summed E-state index contributed by atoms with van der Waals surface area (Å²) in [6.07, 6.45) is -0.898. The van der Waals surface area contributed by atoms with Gasteiger partial charge in [0.2, 0.25) is 0 Å². The average molecular weight is 300 g/mol. The molecule has 1 heterocycles. The number of aliphatic hydroxyl groups excluding tert-OH is 1. The molecule has 1 fully saturated rings. The van der Waals surface area contributed by atoms with Crippen molar-refractivity contribution in [2.24, 2.45) is 0 Å². The van der Waals surface area contributed by atoms with Crippen LogP contribution in [0.5, 0.6) is 0 Å². The molecule has 1 aromatic rings. The second-order valence-corrected chi connectivity index (χ2v) is 7.16. The molecule has 5 nitrogen and oxygen atoms in total. The van der Waals surface area contributed by atoms with Crippen LogP contribution in [-0.2, 0) is 9.84 Å². The van der Waals surface area contributed by atoms with E-state index in [1.807, 2.05) is 30.3 Å². The minimum absolute atomic E-state index is 0.0682. The molecule has 1 aliphatic heterocycles. The predicted octanol–water partition coefficient (Wildman–Crippen LogP) is 0.473. The number of anilines is 1. The Bertz CT molecular complexity index is 560. The van der Waals surface area contributed by atoms with Crippen LogP contribution in [0.1, 0.15) is 0 Å². The number of thiocarbonyl (C=S) groups is 1. The van der Waals surface area contributed by atoms with Crippen molar-refractivity contribution >= 4 is 32.9 Å². The van der Waals surface area contributed by atoms with Gasteiger partial charge in [-0.25, -0.2) is 8.42 Å². The normalized spacial score (nSPS) is 24.9. The van der Waals surface area contributed by atoms with E-state index >= 15 is 0 Å². The van der Waals surface area contributed by atoms with Gasteiger partial charge in [-0.2, -0.15) is 0 Å². The Balaban J connectivity index is 2.04. The third-order valence-electron chi connectivity index (χ3n) is 3.14. The number of aliphatic hydroxyl groups is 1. The van der Waals surface area contributed by atoms with E-state index in [4.69, 9.17) is 12.2 Å². The summed E-state index contributed by atoms with van der Waals surface area (Å²) in [7, 11) is -1.49. The van der Waals surface area contributed by atoms with Gasteiger partial charge in [0.1, 0.15) is 0 Å². The highest BCUT2D eigenvalue weighted by molar-refractivity contribution is 7.91. The number of rotatable bonds is 2. The monoisotopic (exact) mass is 300 g/mol. The fraction of sp³-hybridized carbons (Fsp3) is 0.417. The van der Waals surface area contributed by atoms with Crippen molar-refractivity contribution in [2.75, 3.05) is 23.9 Å². The first kappa shape index (κ1) is 14.2. The fourth-order valence-electron chi connectivity index (χ4n) is 2.06. The van der Waals surface area contributed by atoms with Gasteiger partial charge in [0.25, 0.3) is 0 Å². The number of likely N-dealkylation sites (N-methyl/N-ethyl adjacent to an activating group) is 1. The number of nitrogens with one attached hydrogen (secondary N) is 1. The zero-order valence-corrected chi connectivity index (χ0v) is 12.1. The maximum Gasteiger partial charge on any atom is 0.173 e. The molecule has 0 aromatic heterocycles. The third-order valence-corrected chi connectivity index (χ3v) is 5.23. The van der Waals surface area contributed by atoms with E-state index in [1.54, 1.807) is 11.9 Å². The number of sulfone groups is 1. The molecule has 0 amide bonds. The van der Waals surface area contributed by atoms with Gasteiger partial charge < -0.3 is 15.3 Å². The molecule has 0 aliphatic carbocycles. The molecule has 2 rings (SSSR count). The average Bonchev–Trinajstić information content (AvgIpc) is 2.63. The summed E-state index contributed by atoms with van der Waals surface area (Å²) in [4.78, 5) is 1.61. The summed E-state index contributed by atoms with van der Waals surface area (Å²) in [6, 6.07) is 8.88. The molecule has 0 radical (unpaired) electrons. The molecule has 104 valence electrons. The molecular formula is C12H16N2O3S2. The molecule has 1 aliphatic rings. The number of hydrogen-bond acceptors (Lipinski definition) is 4. The zero-order valence-electron chi connectivity index (χ0n) is 10.5. The molecule has 1 saturated heterocycles. The van der Waals surface area contributed by atoms with Crippen molar-refractivity contribution in [3.63, 3.8) is 0 Å². The molecule has 7 heteroatoms. The maximum atomic E-state index is 11.5. The van der Waals surface area contributed by atoms with Crippen LogP contribution in [0.15, 0.2) is 30.3 Å². The van der Waals surface area contributed by atoms with Crippen LogP contribution in [-0.4, -0.2) is 54.2 Å². The molecule has 0 saturated carbocycles. The van der Waals surface area contributed by atoms with Crippen LogP contribution in [0.25, 0.3) is 0 Å². The molecule has 19 heavy (non-hydrogen) atoms. The first-order chi connectivity index (χ1) is 8.89. The Hall–Kier alpha value is -1.18.